The van der Waals surface area contributed by atoms with Crippen molar-refractivity contribution < 1.29 is 5.11 Å². The van der Waals surface area contributed by atoms with Gasteiger partial charge in [-0.05, 0) is 56.5 Å². The van der Waals surface area contributed by atoms with Crippen molar-refractivity contribution in [3.05, 3.63) is 53.4 Å². The average molecular weight is 306 g/mol. The number of phenols is 1. The molecule has 118 valence electrons. The third kappa shape index (κ3) is 2.80. The molecule has 0 fully saturated rings. The third-order valence-corrected chi connectivity index (χ3v) is 4.29. The van der Waals surface area contributed by atoms with Crippen molar-refractivity contribution in [1.82, 2.24) is 4.57 Å². The molecule has 3 heteroatoms. The molecule has 0 bridgehead atoms. The molecule has 1 aromatic heterocycles. The third-order valence-electron chi connectivity index (χ3n) is 4.29. The lowest BCUT2D eigenvalue weighted by Crippen LogP contribution is -1.98. The Morgan fingerprint density at radius 1 is 1.09 bits per heavy atom. The summed E-state index contributed by atoms with van der Waals surface area (Å²) in [5.74, 6) is 0.235. The molecule has 0 amide bonds. The zero-order chi connectivity index (χ0) is 17.1. The summed E-state index contributed by atoms with van der Waals surface area (Å²) in [5.41, 5.74) is 6.85. The predicted molar refractivity (Wildman–Crippen MR) is 95.9 cm³/mol. The number of phenolic OH excluding ortho intramolecular Hbond substituents is 1. The molecular formula is C20H22N2O. The van der Waals surface area contributed by atoms with E-state index in [1.165, 1.54) is 0 Å². The van der Waals surface area contributed by atoms with Crippen LogP contribution >= 0.6 is 0 Å². The van der Waals surface area contributed by atoms with E-state index in [9.17, 15) is 10.4 Å². The van der Waals surface area contributed by atoms with Crippen LogP contribution in [0.15, 0.2) is 36.4 Å². The molecule has 0 aliphatic rings. The maximum absolute atomic E-state index is 9.67. The molecule has 1 N–H and O–H groups in total. The normalized spacial score (nSPS) is 12.3. The largest absolute Gasteiger partial charge is 0.508 e. The van der Waals surface area contributed by atoms with Crippen molar-refractivity contribution in [3.8, 4) is 22.9 Å². The van der Waals surface area contributed by atoms with Crippen molar-refractivity contribution in [2.45, 2.75) is 27.7 Å². The fourth-order valence-corrected chi connectivity index (χ4v) is 2.85. The number of aromatic hydroxyl groups is 1. The Balaban J connectivity index is 2.97. The summed E-state index contributed by atoms with van der Waals surface area (Å²) < 4.78 is 1.96. The van der Waals surface area contributed by atoms with Crippen LogP contribution in [0.4, 0.5) is 0 Å². The fourth-order valence-electron chi connectivity index (χ4n) is 2.85. The van der Waals surface area contributed by atoms with Gasteiger partial charge in [-0.1, -0.05) is 24.3 Å². The number of aromatic nitrogens is 1. The summed E-state index contributed by atoms with van der Waals surface area (Å²) >= 11 is 0. The second-order valence-corrected chi connectivity index (χ2v) is 5.61. The Morgan fingerprint density at radius 3 is 2.13 bits per heavy atom. The minimum Gasteiger partial charge on any atom is -0.508 e. The van der Waals surface area contributed by atoms with Crippen LogP contribution in [0.2, 0.25) is 0 Å². The van der Waals surface area contributed by atoms with Gasteiger partial charge in [0.05, 0.1) is 5.69 Å². The lowest BCUT2D eigenvalue weighted by atomic mass is 9.93. The van der Waals surface area contributed by atoms with Crippen molar-refractivity contribution in [2.75, 3.05) is 0 Å². The Bertz CT molecular complexity index is 828. The number of allylic oxidation sites excluding steroid dienone is 4. The van der Waals surface area contributed by atoms with Gasteiger partial charge in [-0.25, -0.2) is 0 Å². The molecule has 1 aromatic carbocycles. The van der Waals surface area contributed by atoms with E-state index in [4.69, 9.17) is 0 Å². The van der Waals surface area contributed by atoms with Crippen LogP contribution in [0.25, 0.3) is 22.3 Å². The van der Waals surface area contributed by atoms with Gasteiger partial charge in [0.15, 0.2) is 0 Å². The zero-order valence-electron chi connectivity index (χ0n) is 14.3. The minimum atomic E-state index is 0.235. The standard InChI is InChI=1S/C20H22N2O/c1-6-13(3)18-17(12-21)22(5)20(14(4)7-2)19(18)15-8-10-16(23)11-9-15/h6-11,23H,1-5H3/b13-6-,14-7-. The first kappa shape index (κ1) is 16.6. The second-order valence-electron chi connectivity index (χ2n) is 5.61. The van der Waals surface area contributed by atoms with Crippen molar-refractivity contribution >= 4 is 11.1 Å². The number of rotatable bonds is 3. The highest BCUT2D eigenvalue weighted by molar-refractivity contribution is 5.91. The SMILES string of the molecule is C/C=C(/C)c1c(-c2ccc(O)cc2)c(/C(C)=C\C)n(C)c1C#N. The highest BCUT2D eigenvalue weighted by Gasteiger charge is 2.23. The quantitative estimate of drug-likeness (QED) is 0.856. The summed E-state index contributed by atoms with van der Waals surface area (Å²) in [5, 5.41) is 19.2. The van der Waals surface area contributed by atoms with Gasteiger partial charge < -0.3 is 9.67 Å². The molecule has 0 radical (unpaired) electrons. The Morgan fingerprint density at radius 2 is 1.65 bits per heavy atom. The van der Waals surface area contributed by atoms with E-state index < -0.39 is 0 Å². The highest BCUT2D eigenvalue weighted by Crippen LogP contribution is 2.40. The van der Waals surface area contributed by atoms with E-state index >= 15 is 0 Å². The van der Waals surface area contributed by atoms with Gasteiger partial charge in [0, 0.05) is 18.2 Å². The molecule has 2 aromatic rings. The molecule has 2 rings (SSSR count). The predicted octanol–water partition coefficient (Wildman–Crippen LogP) is 5.12. The first-order valence-electron chi connectivity index (χ1n) is 7.65. The molecule has 0 spiro atoms. The molecular weight excluding hydrogens is 284 g/mol. The first-order chi connectivity index (χ1) is 11.0. The van der Waals surface area contributed by atoms with Crippen molar-refractivity contribution in [1.29, 1.82) is 5.26 Å². The summed E-state index contributed by atoms with van der Waals surface area (Å²) in [4.78, 5) is 0. The topological polar surface area (TPSA) is 49.0 Å². The van der Waals surface area contributed by atoms with E-state index in [-0.39, 0.29) is 5.75 Å². The van der Waals surface area contributed by atoms with Gasteiger partial charge in [0.2, 0.25) is 0 Å². The Hall–Kier alpha value is -2.73. The van der Waals surface area contributed by atoms with Gasteiger partial charge in [-0.15, -0.1) is 0 Å². The lowest BCUT2D eigenvalue weighted by Gasteiger charge is -2.10. The molecule has 0 saturated carbocycles. The van der Waals surface area contributed by atoms with Crippen molar-refractivity contribution in [3.63, 3.8) is 0 Å². The summed E-state index contributed by atoms with van der Waals surface area (Å²) in [6, 6.07) is 9.49. The number of hydrogen-bond acceptors (Lipinski definition) is 2. The maximum atomic E-state index is 9.67. The highest BCUT2D eigenvalue weighted by atomic mass is 16.3. The Kier molecular flexibility index (Phi) is 4.76. The maximum Gasteiger partial charge on any atom is 0.128 e. The molecule has 0 atom stereocenters. The van der Waals surface area contributed by atoms with Crippen LogP contribution in [-0.4, -0.2) is 9.67 Å². The molecule has 0 unspecified atom stereocenters. The fraction of sp³-hybridized carbons (Fsp3) is 0.250. The first-order valence-corrected chi connectivity index (χ1v) is 7.65. The number of nitriles is 1. The van der Waals surface area contributed by atoms with Crippen LogP contribution in [0.5, 0.6) is 5.75 Å². The number of hydrogen-bond donors (Lipinski definition) is 1. The lowest BCUT2D eigenvalue weighted by molar-refractivity contribution is 0.475. The Labute approximate surface area is 137 Å². The molecule has 0 aliphatic carbocycles. The minimum absolute atomic E-state index is 0.235. The average Bonchev–Trinajstić information content (AvgIpc) is 2.86. The summed E-state index contributed by atoms with van der Waals surface area (Å²) in [7, 11) is 1.93. The van der Waals surface area contributed by atoms with E-state index in [1.807, 2.05) is 50.6 Å². The zero-order valence-corrected chi connectivity index (χ0v) is 14.3. The second kappa shape index (κ2) is 6.58. The molecule has 3 nitrogen and oxygen atoms in total. The molecule has 1 heterocycles. The van der Waals surface area contributed by atoms with Gasteiger partial charge in [0.1, 0.15) is 17.5 Å². The van der Waals surface area contributed by atoms with Crippen LogP contribution in [0.1, 0.15) is 44.6 Å². The van der Waals surface area contributed by atoms with Crippen LogP contribution < -0.4 is 0 Å². The molecule has 23 heavy (non-hydrogen) atoms. The number of benzene rings is 1. The van der Waals surface area contributed by atoms with Crippen molar-refractivity contribution in [2.24, 2.45) is 7.05 Å². The molecule has 0 aliphatic heterocycles. The van der Waals surface area contributed by atoms with Gasteiger partial charge in [0.25, 0.3) is 0 Å². The van der Waals surface area contributed by atoms with Gasteiger partial charge >= 0.3 is 0 Å². The van der Waals surface area contributed by atoms with E-state index in [2.05, 4.69) is 19.1 Å². The van der Waals surface area contributed by atoms with E-state index in [1.54, 1.807) is 12.1 Å². The van der Waals surface area contributed by atoms with Crippen LogP contribution in [-0.2, 0) is 7.05 Å². The van der Waals surface area contributed by atoms with Gasteiger partial charge in [-0.2, -0.15) is 5.26 Å². The smallest absolute Gasteiger partial charge is 0.128 e. The molecule has 0 saturated heterocycles. The number of nitrogens with zero attached hydrogens (tertiary/aromatic N) is 2. The van der Waals surface area contributed by atoms with E-state index in [0.717, 1.165) is 33.5 Å². The summed E-state index contributed by atoms with van der Waals surface area (Å²) in [6.45, 7) is 8.05. The van der Waals surface area contributed by atoms with Crippen LogP contribution in [0, 0.1) is 11.3 Å². The van der Waals surface area contributed by atoms with Crippen LogP contribution in [0.3, 0.4) is 0 Å². The monoisotopic (exact) mass is 306 g/mol. The van der Waals surface area contributed by atoms with Gasteiger partial charge in [-0.3, -0.25) is 0 Å². The summed E-state index contributed by atoms with van der Waals surface area (Å²) in [6.07, 6.45) is 4.07. The van der Waals surface area contributed by atoms with E-state index in [0.29, 0.717) is 5.69 Å².